The number of carbonyl (C=O) groups excluding carboxylic acids is 2. The fraction of sp³-hybridized carbons (Fsp3) is 0.0833. The maximum atomic E-state index is 13.4. The van der Waals surface area contributed by atoms with E-state index in [4.69, 9.17) is 14.2 Å². The highest BCUT2D eigenvalue weighted by Crippen LogP contribution is 2.35. The molecule has 0 aliphatic carbocycles. The van der Waals surface area contributed by atoms with Crippen molar-refractivity contribution in [1.82, 2.24) is 0 Å². The molecule has 0 fully saturated rings. The van der Waals surface area contributed by atoms with Crippen LogP contribution in [0.4, 0.5) is 4.39 Å². The largest absolute Gasteiger partial charge is 0.497 e. The number of methoxy groups -OCH3 is 1. The van der Waals surface area contributed by atoms with Crippen molar-refractivity contribution in [3.8, 4) is 17.2 Å². The summed E-state index contributed by atoms with van der Waals surface area (Å²) in [5.74, 6) is 0.603. The molecule has 1 heterocycles. The SMILES string of the molecule is COc1ccc(C(=O)COc2ccc3c(c2)O/C(=C/c2cccc(F)c2)C3=O)cc1. The molecule has 0 N–H and O–H groups in total. The molecule has 0 saturated heterocycles. The summed E-state index contributed by atoms with van der Waals surface area (Å²) >= 11 is 0. The maximum Gasteiger partial charge on any atom is 0.231 e. The second-order valence-electron chi connectivity index (χ2n) is 6.59. The molecule has 30 heavy (non-hydrogen) atoms. The second-order valence-corrected chi connectivity index (χ2v) is 6.59. The number of hydrogen-bond donors (Lipinski definition) is 0. The van der Waals surface area contributed by atoms with E-state index < -0.39 is 5.82 Å². The minimum Gasteiger partial charge on any atom is -0.497 e. The van der Waals surface area contributed by atoms with E-state index in [2.05, 4.69) is 0 Å². The number of ketones is 2. The number of fused-ring (bicyclic) bond motifs is 1. The van der Waals surface area contributed by atoms with Gasteiger partial charge >= 0.3 is 0 Å². The highest BCUT2D eigenvalue weighted by Gasteiger charge is 2.27. The summed E-state index contributed by atoms with van der Waals surface area (Å²) in [6, 6.07) is 17.3. The average Bonchev–Trinajstić information content (AvgIpc) is 3.06. The molecule has 3 aromatic carbocycles. The van der Waals surface area contributed by atoms with E-state index in [0.717, 1.165) is 0 Å². The fourth-order valence-corrected chi connectivity index (χ4v) is 3.01. The summed E-state index contributed by atoms with van der Waals surface area (Å²) in [4.78, 5) is 24.8. The predicted octanol–water partition coefficient (Wildman–Crippen LogP) is 4.71. The molecule has 0 unspecified atom stereocenters. The second kappa shape index (κ2) is 8.21. The van der Waals surface area contributed by atoms with Crippen molar-refractivity contribution in [2.75, 3.05) is 13.7 Å². The highest BCUT2D eigenvalue weighted by molar-refractivity contribution is 6.14. The molecule has 150 valence electrons. The first-order valence-corrected chi connectivity index (χ1v) is 9.17. The van der Waals surface area contributed by atoms with Crippen molar-refractivity contribution in [1.29, 1.82) is 0 Å². The Balaban J connectivity index is 1.45. The van der Waals surface area contributed by atoms with Crippen LogP contribution in [0.3, 0.4) is 0 Å². The lowest BCUT2D eigenvalue weighted by atomic mass is 10.1. The van der Waals surface area contributed by atoms with Gasteiger partial charge in [0.2, 0.25) is 5.78 Å². The van der Waals surface area contributed by atoms with Gasteiger partial charge in [0.05, 0.1) is 12.7 Å². The van der Waals surface area contributed by atoms with Gasteiger partial charge in [-0.25, -0.2) is 4.39 Å². The molecule has 5 nitrogen and oxygen atoms in total. The van der Waals surface area contributed by atoms with Crippen LogP contribution in [0, 0.1) is 5.82 Å². The van der Waals surface area contributed by atoms with Gasteiger partial charge in [-0.3, -0.25) is 9.59 Å². The van der Waals surface area contributed by atoms with Crippen molar-refractivity contribution in [2.45, 2.75) is 0 Å². The van der Waals surface area contributed by atoms with Crippen molar-refractivity contribution >= 4 is 17.6 Å². The smallest absolute Gasteiger partial charge is 0.231 e. The van der Waals surface area contributed by atoms with Gasteiger partial charge in [0.25, 0.3) is 0 Å². The molecule has 1 aliphatic rings. The van der Waals surface area contributed by atoms with Crippen LogP contribution in [0.2, 0.25) is 0 Å². The van der Waals surface area contributed by atoms with Crippen LogP contribution in [-0.4, -0.2) is 25.3 Å². The standard InChI is InChI=1S/C24H17FO5/c1-28-18-7-5-16(6-8-18)21(26)14-29-19-9-10-20-22(13-19)30-23(24(20)27)12-15-3-2-4-17(25)11-15/h2-13H,14H2,1H3/b23-12+. The summed E-state index contributed by atoms with van der Waals surface area (Å²) < 4.78 is 29.6. The van der Waals surface area contributed by atoms with Crippen molar-refractivity contribution < 1.29 is 28.2 Å². The monoisotopic (exact) mass is 404 g/mol. The summed E-state index contributed by atoms with van der Waals surface area (Å²) in [7, 11) is 1.55. The van der Waals surface area contributed by atoms with Gasteiger partial charge in [-0.15, -0.1) is 0 Å². The summed E-state index contributed by atoms with van der Waals surface area (Å²) in [5.41, 5.74) is 1.41. The molecule has 0 saturated carbocycles. The first kappa shape index (κ1) is 19.4. The third-order valence-electron chi connectivity index (χ3n) is 4.57. The number of halogens is 1. The Kier molecular flexibility index (Phi) is 5.30. The third-order valence-corrected chi connectivity index (χ3v) is 4.57. The minimum atomic E-state index is -0.399. The Morgan fingerprint density at radius 2 is 1.80 bits per heavy atom. The lowest BCUT2D eigenvalue weighted by Gasteiger charge is -2.07. The van der Waals surface area contributed by atoms with Crippen LogP contribution in [-0.2, 0) is 0 Å². The predicted molar refractivity (Wildman–Crippen MR) is 109 cm³/mol. The first-order chi connectivity index (χ1) is 14.5. The van der Waals surface area contributed by atoms with Crippen LogP contribution < -0.4 is 14.2 Å². The number of hydrogen-bond acceptors (Lipinski definition) is 5. The van der Waals surface area contributed by atoms with Gasteiger partial charge in [0, 0.05) is 11.6 Å². The minimum absolute atomic E-state index is 0.0991. The Morgan fingerprint density at radius 3 is 2.53 bits per heavy atom. The number of allylic oxidation sites excluding steroid dienone is 1. The van der Waals surface area contributed by atoms with E-state index in [9.17, 15) is 14.0 Å². The Morgan fingerprint density at radius 1 is 1.03 bits per heavy atom. The Labute approximate surface area is 172 Å². The molecule has 0 amide bonds. The van der Waals surface area contributed by atoms with E-state index in [1.807, 2.05) is 0 Å². The number of benzene rings is 3. The number of rotatable bonds is 6. The summed E-state index contributed by atoms with van der Waals surface area (Å²) in [6.07, 6.45) is 1.49. The quantitative estimate of drug-likeness (QED) is 0.440. The summed E-state index contributed by atoms with van der Waals surface area (Å²) in [5, 5.41) is 0. The molecule has 0 aromatic heterocycles. The Bertz CT molecular complexity index is 1150. The van der Waals surface area contributed by atoms with Crippen LogP contribution in [0.15, 0.2) is 72.5 Å². The van der Waals surface area contributed by atoms with Gasteiger partial charge in [0.1, 0.15) is 23.1 Å². The molecular weight excluding hydrogens is 387 g/mol. The molecule has 1 aliphatic heterocycles. The normalized spacial score (nSPS) is 13.7. The van der Waals surface area contributed by atoms with Crippen molar-refractivity contribution in [2.24, 2.45) is 0 Å². The van der Waals surface area contributed by atoms with Crippen molar-refractivity contribution in [3.05, 3.63) is 95.0 Å². The van der Waals surface area contributed by atoms with E-state index in [0.29, 0.717) is 33.9 Å². The van der Waals surface area contributed by atoms with E-state index in [-0.39, 0.29) is 23.9 Å². The zero-order valence-electron chi connectivity index (χ0n) is 16.1. The molecule has 3 aromatic rings. The third kappa shape index (κ3) is 4.07. The molecular formula is C24H17FO5. The van der Waals surface area contributed by atoms with Crippen LogP contribution in [0.5, 0.6) is 17.2 Å². The van der Waals surface area contributed by atoms with E-state index in [1.54, 1.807) is 61.7 Å². The van der Waals surface area contributed by atoms with Crippen LogP contribution in [0.1, 0.15) is 26.3 Å². The van der Waals surface area contributed by atoms with Gasteiger partial charge in [0.15, 0.2) is 18.1 Å². The van der Waals surface area contributed by atoms with Crippen molar-refractivity contribution in [3.63, 3.8) is 0 Å². The van der Waals surface area contributed by atoms with Gasteiger partial charge in [-0.2, -0.15) is 0 Å². The topological polar surface area (TPSA) is 61.8 Å². The molecule has 0 spiro atoms. The zero-order chi connectivity index (χ0) is 21.1. The molecule has 0 radical (unpaired) electrons. The lowest BCUT2D eigenvalue weighted by molar-refractivity contribution is 0.0920. The Hall–Kier alpha value is -3.93. The molecule has 4 rings (SSSR count). The zero-order valence-corrected chi connectivity index (χ0v) is 16.1. The fourth-order valence-electron chi connectivity index (χ4n) is 3.01. The molecule has 0 atom stereocenters. The molecule has 6 heteroatoms. The first-order valence-electron chi connectivity index (χ1n) is 9.17. The average molecular weight is 404 g/mol. The highest BCUT2D eigenvalue weighted by atomic mass is 19.1. The van der Waals surface area contributed by atoms with E-state index in [1.165, 1.54) is 18.2 Å². The molecule has 0 bridgehead atoms. The van der Waals surface area contributed by atoms with E-state index >= 15 is 0 Å². The number of Topliss-reactive ketones (excluding diaryl/α,β-unsaturated/α-hetero) is 2. The maximum absolute atomic E-state index is 13.4. The van der Waals surface area contributed by atoms with Gasteiger partial charge in [-0.05, 0) is 60.2 Å². The number of carbonyl (C=O) groups is 2. The van der Waals surface area contributed by atoms with Crippen LogP contribution in [0.25, 0.3) is 6.08 Å². The lowest BCUT2D eigenvalue weighted by Crippen LogP contribution is -2.11. The van der Waals surface area contributed by atoms with Gasteiger partial charge in [-0.1, -0.05) is 12.1 Å². The van der Waals surface area contributed by atoms with Gasteiger partial charge < -0.3 is 14.2 Å². The van der Waals surface area contributed by atoms with Crippen LogP contribution >= 0.6 is 0 Å². The number of ether oxygens (including phenoxy) is 3. The summed E-state index contributed by atoms with van der Waals surface area (Å²) in [6.45, 7) is -0.162.